The van der Waals surface area contributed by atoms with Gasteiger partial charge in [-0.15, -0.1) is 0 Å². The average molecular weight is 311 g/mol. The van der Waals surface area contributed by atoms with Crippen LogP contribution in [0.2, 0.25) is 0 Å². The van der Waals surface area contributed by atoms with Crippen LogP contribution in [0.3, 0.4) is 0 Å². The van der Waals surface area contributed by atoms with Crippen molar-refractivity contribution in [2.75, 3.05) is 20.1 Å². The molecular weight excluding hydrogens is 288 g/mol. The Labute approximate surface area is 119 Å². The van der Waals surface area contributed by atoms with Gasteiger partial charge < -0.3 is 10.2 Å². The molecule has 1 aromatic carbocycles. The molecule has 0 aromatic heterocycles. The second kappa shape index (κ2) is 6.69. The topological polar surface area (TPSA) is 15.3 Å². The van der Waals surface area contributed by atoms with Gasteiger partial charge >= 0.3 is 0 Å². The van der Waals surface area contributed by atoms with Crippen LogP contribution in [-0.4, -0.2) is 31.1 Å². The molecule has 0 bridgehead atoms. The van der Waals surface area contributed by atoms with Gasteiger partial charge in [-0.05, 0) is 50.6 Å². The predicted molar refractivity (Wildman–Crippen MR) is 80.9 cm³/mol. The molecule has 1 unspecified atom stereocenters. The molecule has 1 N–H and O–H groups in total. The summed E-state index contributed by atoms with van der Waals surface area (Å²) < 4.78 is 1.23. The minimum atomic E-state index is 0.674. The van der Waals surface area contributed by atoms with E-state index in [1.807, 2.05) is 0 Å². The minimum Gasteiger partial charge on any atom is -0.313 e. The van der Waals surface area contributed by atoms with Crippen molar-refractivity contribution in [1.82, 2.24) is 10.2 Å². The molecule has 18 heavy (non-hydrogen) atoms. The third-order valence-electron chi connectivity index (χ3n) is 3.59. The number of nitrogens with zero attached hydrogens (tertiary/aromatic N) is 1. The van der Waals surface area contributed by atoms with Crippen molar-refractivity contribution in [3.05, 3.63) is 33.8 Å². The Bertz CT molecular complexity index is 386. The second-order valence-electron chi connectivity index (χ2n) is 5.44. The number of halogens is 1. The van der Waals surface area contributed by atoms with Crippen molar-refractivity contribution in [2.24, 2.45) is 0 Å². The van der Waals surface area contributed by atoms with Crippen molar-refractivity contribution >= 4 is 15.9 Å². The lowest BCUT2D eigenvalue weighted by molar-refractivity contribution is 0.256. The van der Waals surface area contributed by atoms with Gasteiger partial charge in [-0.1, -0.05) is 34.5 Å². The first-order valence-electron chi connectivity index (χ1n) is 6.82. The maximum Gasteiger partial charge on any atom is 0.0242 e. The Morgan fingerprint density at radius 2 is 2.22 bits per heavy atom. The second-order valence-corrected chi connectivity index (χ2v) is 6.29. The summed E-state index contributed by atoms with van der Waals surface area (Å²) in [4.78, 5) is 2.42. The summed E-state index contributed by atoms with van der Waals surface area (Å²) in [5.41, 5.74) is 2.68. The number of nitrogens with one attached hydrogen (secondary N) is 1. The summed E-state index contributed by atoms with van der Waals surface area (Å²) in [5.74, 6) is 0. The molecule has 1 heterocycles. The van der Waals surface area contributed by atoms with Crippen LogP contribution in [0, 0.1) is 6.92 Å². The maximum absolute atomic E-state index is 3.66. The molecular formula is C15H23BrN2. The van der Waals surface area contributed by atoms with Crippen molar-refractivity contribution in [3.8, 4) is 0 Å². The zero-order valence-corrected chi connectivity index (χ0v) is 13.0. The zero-order valence-electron chi connectivity index (χ0n) is 11.4. The lowest BCUT2D eigenvalue weighted by atomic mass is 10.0. The number of piperidine rings is 1. The smallest absolute Gasteiger partial charge is 0.0242 e. The number of likely N-dealkylation sites (N-methyl/N-ethyl adjacent to an activating group) is 1. The van der Waals surface area contributed by atoms with Gasteiger partial charge in [-0.3, -0.25) is 0 Å². The van der Waals surface area contributed by atoms with E-state index < -0.39 is 0 Å². The van der Waals surface area contributed by atoms with Crippen molar-refractivity contribution < 1.29 is 0 Å². The van der Waals surface area contributed by atoms with E-state index in [9.17, 15) is 0 Å². The molecule has 1 saturated heterocycles. The van der Waals surface area contributed by atoms with Crippen LogP contribution in [-0.2, 0) is 6.54 Å². The highest BCUT2D eigenvalue weighted by Gasteiger charge is 2.15. The molecule has 0 radical (unpaired) electrons. The summed E-state index contributed by atoms with van der Waals surface area (Å²) in [6, 6.07) is 7.28. The molecule has 1 fully saturated rings. The fraction of sp³-hybridized carbons (Fsp3) is 0.600. The Balaban J connectivity index is 1.87. The largest absolute Gasteiger partial charge is 0.313 e. The highest BCUT2D eigenvalue weighted by Crippen LogP contribution is 2.20. The molecule has 3 heteroatoms. The first-order chi connectivity index (χ1) is 8.65. The van der Waals surface area contributed by atoms with Gasteiger partial charge in [0.15, 0.2) is 0 Å². The monoisotopic (exact) mass is 310 g/mol. The van der Waals surface area contributed by atoms with Gasteiger partial charge in [0.05, 0.1) is 0 Å². The van der Waals surface area contributed by atoms with Gasteiger partial charge in [0, 0.05) is 23.6 Å². The molecule has 1 atom stereocenters. The number of benzene rings is 1. The zero-order chi connectivity index (χ0) is 13.0. The molecule has 0 aliphatic carbocycles. The number of hydrogen-bond donors (Lipinski definition) is 1. The van der Waals surface area contributed by atoms with Crippen LogP contribution in [0.25, 0.3) is 0 Å². The Morgan fingerprint density at radius 3 is 2.89 bits per heavy atom. The van der Waals surface area contributed by atoms with Crippen molar-refractivity contribution in [3.63, 3.8) is 0 Å². The fourth-order valence-corrected chi connectivity index (χ4v) is 3.21. The minimum absolute atomic E-state index is 0.674. The van der Waals surface area contributed by atoms with Gasteiger partial charge in [0.2, 0.25) is 0 Å². The highest BCUT2D eigenvalue weighted by atomic mass is 79.9. The standard InChI is InChI=1S/C15H23BrN2/c1-12-6-7-13(15(16)9-12)10-18(2)11-14-5-3-4-8-17-14/h6-7,9,14,17H,3-5,8,10-11H2,1-2H3. The van der Waals surface area contributed by atoms with E-state index in [1.165, 1.54) is 41.4 Å². The van der Waals surface area contributed by atoms with Crippen molar-refractivity contribution in [1.29, 1.82) is 0 Å². The van der Waals surface area contributed by atoms with E-state index in [4.69, 9.17) is 0 Å². The van der Waals surface area contributed by atoms with Gasteiger partial charge in [-0.25, -0.2) is 0 Å². The molecule has 2 nitrogen and oxygen atoms in total. The van der Waals surface area contributed by atoms with Gasteiger partial charge in [-0.2, -0.15) is 0 Å². The Morgan fingerprint density at radius 1 is 1.39 bits per heavy atom. The Hall–Kier alpha value is -0.380. The van der Waals surface area contributed by atoms with Crippen LogP contribution >= 0.6 is 15.9 Å². The molecule has 0 saturated carbocycles. The highest BCUT2D eigenvalue weighted by molar-refractivity contribution is 9.10. The van der Waals surface area contributed by atoms with E-state index in [1.54, 1.807) is 0 Å². The first kappa shape index (κ1) is 14.0. The summed E-state index contributed by atoms with van der Waals surface area (Å²) in [6.07, 6.45) is 4.03. The van der Waals surface area contributed by atoms with Crippen LogP contribution in [0.4, 0.5) is 0 Å². The summed E-state index contributed by atoms with van der Waals surface area (Å²) in [5, 5.41) is 3.61. The van der Waals surface area contributed by atoms with E-state index in [0.717, 1.165) is 13.1 Å². The fourth-order valence-electron chi connectivity index (χ4n) is 2.59. The lowest BCUT2D eigenvalue weighted by Crippen LogP contribution is -2.42. The summed E-state index contributed by atoms with van der Waals surface area (Å²) >= 11 is 3.66. The third kappa shape index (κ3) is 4.08. The summed E-state index contributed by atoms with van der Waals surface area (Å²) in [6.45, 7) is 5.47. The third-order valence-corrected chi connectivity index (χ3v) is 4.33. The molecule has 0 spiro atoms. The van der Waals surface area contributed by atoms with E-state index in [-0.39, 0.29) is 0 Å². The SMILES string of the molecule is Cc1ccc(CN(C)CC2CCCCN2)c(Br)c1. The number of hydrogen-bond acceptors (Lipinski definition) is 2. The van der Waals surface area contributed by atoms with E-state index in [0.29, 0.717) is 6.04 Å². The predicted octanol–water partition coefficient (Wildman–Crippen LogP) is 3.33. The molecule has 0 amide bonds. The first-order valence-corrected chi connectivity index (χ1v) is 7.61. The van der Waals surface area contributed by atoms with Crippen LogP contribution < -0.4 is 5.32 Å². The van der Waals surface area contributed by atoms with Gasteiger partial charge in [0.25, 0.3) is 0 Å². The molecule has 1 aliphatic rings. The average Bonchev–Trinajstić information content (AvgIpc) is 2.34. The Kier molecular flexibility index (Phi) is 5.22. The number of aryl methyl sites for hydroxylation is 1. The maximum atomic E-state index is 3.66. The molecule has 1 aliphatic heterocycles. The van der Waals surface area contributed by atoms with Crippen LogP contribution in [0.5, 0.6) is 0 Å². The van der Waals surface area contributed by atoms with Crippen molar-refractivity contribution in [2.45, 2.75) is 38.8 Å². The summed E-state index contributed by atoms with van der Waals surface area (Å²) in [7, 11) is 2.21. The quantitative estimate of drug-likeness (QED) is 0.917. The van der Waals surface area contributed by atoms with Crippen LogP contribution in [0.15, 0.2) is 22.7 Å². The lowest BCUT2D eigenvalue weighted by Gasteiger charge is -2.28. The van der Waals surface area contributed by atoms with E-state index >= 15 is 0 Å². The van der Waals surface area contributed by atoms with E-state index in [2.05, 4.69) is 58.3 Å². The normalized spacial score (nSPS) is 20.3. The molecule has 100 valence electrons. The van der Waals surface area contributed by atoms with Crippen LogP contribution in [0.1, 0.15) is 30.4 Å². The molecule has 1 aromatic rings. The van der Waals surface area contributed by atoms with Gasteiger partial charge in [0.1, 0.15) is 0 Å². The number of rotatable bonds is 4. The molecule has 2 rings (SSSR count).